The number of hydrogen-bond donors (Lipinski definition) is 1. The van der Waals surface area contributed by atoms with Crippen molar-refractivity contribution in [1.29, 1.82) is 0 Å². The highest BCUT2D eigenvalue weighted by Crippen LogP contribution is 2.43. The molecule has 6 heteroatoms. The van der Waals surface area contributed by atoms with Crippen LogP contribution in [-0.2, 0) is 0 Å². The molecule has 32 heavy (non-hydrogen) atoms. The van der Waals surface area contributed by atoms with Crippen LogP contribution in [0.25, 0.3) is 5.69 Å². The molecule has 1 saturated carbocycles. The molecule has 0 amide bonds. The third-order valence-electron chi connectivity index (χ3n) is 6.84. The number of nitrogens with zero attached hydrogens (tertiary/aromatic N) is 3. The van der Waals surface area contributed by atoms with Gasteiger partial charge in [0, 0.05) is 29.3 Å². The molecule has 1 aliphatic heterocycles. The zero-order valence-corrected chi connectivity index (χ0v) is 19.5. The molecule has 0 unspecified atom stereocenters. The summed E-state index contributed by atoms with van der Waals surface area (Å²) in [7, 11) is 1.70. The van der Waals surface area contributed by atoms with Gasteiger partial charge in [-0.3, -0.25) is 4.98 Å². The molecular formula is C26H30N4OS. The van der Waals surface area contributed by atoms with Crippen LogP contribution in [0, 0.1) is 6.92 Å². The van der Waals surface area contributed by atoms with E-state index in [2.05, 4.69) is 58.1 Å². The molecule has 2 fully saturated rings. The predicted octanol–water partition coefficient (Wildman–Crippen LogP) is 5.49. The zero-order chi connectivity index (χ0) is 22.1. The minimum Gasteiger partial charge on any atom is -0.497 e. The molecule has 2 aromatic heterocycles. The van der Waals surface area contributed by atoms with Gasteiger partial charge in [0.05, 0.1) is 24.9 Å². The summed E-state index contributed by atoms with van der Waals surface area (Å²) in [6.07, 6.45) is 8.10. The van der Waals surface area contributed by atoms with Gasteiger partial charge >= 0.3 is 0 Å². The minimum atomic E-state index is 0.0110. The molecule has 1 N–H and O–H groups in total. The summed E-state index contributed by atoms with van der Waals surface area (Å²) in [5.74, 6) is 0.860. The number of pyridine rings is 1. The van der Waals surface area contributed by atoms with Crippen molar-refractivity contribution >= 4 is 17.3 Å². The molecule has 2 atom stereocenters. The smallest absolute Gasteiger partial charge is 0.170 e. The fourth-order valence-electron chi connectivity index (χ4n) is 5.31. The van der Waals surface area contributed by atoms with Crippen molar-refractivity contribution in [3.63, 3.8) is 0 Å². The van der Waals surface area contributed by atoms with Crippen LogP contribution >= 0.6 is 12.2 Å². The Labute approximate surface area is 195 Å². The van der Waals surface area contributed by atoms with Crippen molar-refractivity contribution in [2.75, 3.05) is 7.11 Å². The highest BCUT2D eigenvalue weighted by Gasteiger charge is 2.44. The Morgan fingerprint density at radius 1 is 1.00 bits per heavy atom. The van der Waals surface area contributed by atoms with E-state index < -0.39 is 0 Å². The number of rotatable bonds is 5. The zero-order valence-electron chi connectivity index (χ0n) is 18.7. The first-order valence-electron chi connectivity index (χ1n) is 11.5. The number of aryl methyl sites for hydroxylation is 1. The molecule has 1 aromatic carbocycles. The third-order valence-corrected chi connectivity index (χ3v) is 7.17. The highest BCUT2D eigenvalue weighted by atomic mass is 32.1. The van der Waals surface area contributed by atoms with Crippen LogP contribution in [0.5, 0.6) is 5.75 Å². The molecule has 1 saturated heterocycles. The van der Waals surface area contributed by atoms with E-state index in [1.54, 1.807) is 7.11 Å². The first-order chi connectivity index (χ1) is 15.7. The second kappa shape index (κ2) is 8.94. The number of aromatic nitrogens is 2. The van der Waals surface area contributed by atoms with Crippen LogP contribution in [0.3, 0.4) is 0 Å². The van der Waals surface area contributed by atoms with Gasteiger partial charge in [-0.15, -0.1) is 0 Å². The average Bonchev–Trinajstić information content (AvgIpc) is 3.39. The first kappa shape index (κ1) is 21.0. The molecule has 3 aromatic rings. The lowest BCUT2D eigenvalue weighted by atomic mass is 9.92. The normalized spacial score (nSPS) is 21.6. The maximum Gasteiger partial charge on any atom is 0.170 e. The largest absolute Gasteiger partial charge is 0.497 e. The van der Waals surface area contributed by atoms with Crippen molar-refractivity contribution in [2.45, 2.75) is 57.2 Å². The van der Waals surface area contributed by atoms with E-state index in [9.17, 15) is 0 Å². The fraction of sp³-hybridized carbons (Fsp3) is 0.385. The Bertz CT molecular complexity index is 1070. The van der Waals surface area contributed by atoms with E-state index in [0.717, 1.165) is 22.2 Å². The van der Waals surface area contributed by atoms with Gasteiger partial charge in [0.2, 0.25) is 0 Å². The maximum absolute atomic E-state index is 5.94. The predicted molar refractivity (Wildman–Crippen MR) is 131 cm³/mol. The summed E-state index contributed by atoms with van der Waals surface area (Å²) < 4.78 is 7.73. The molecule has 0 radical (unpaired) electrons. The number of hydrogen-bond acceptors (Lipinski definition) is 3. The van der Waals surface area contributed by atoms with E-state index in [0.29, 0.717) is 6.04 Å². The van der Waals surface area contributed by atoms with Crippen molar-refractivity contribution < 1.29 is 4.74 Å². The SMILES string of the molecule is COc1ccc(-n2c(C)ccc2[C@H]2[C@@H](c3ccccn3)NC(=S)N2C2CCCCC2)cc1. The van der Waals surface area contributed by atoms with Crippen LogP contribution in [0.1, 0.15) is 61.3 Å². The van der Waals surface area contributed by atoms with Gasteiger partial charge in [0.15, 0.2) is 5.11 Å². The van der Waals surface area contributed by atoms with Crippen LogP contribution in [0.15, 0.2) is 60.8 Å². The molecule has 1 aliphatic carbocycles. The van der Waals surface area contributed by atoms with Gasteiger partial charge < -0.3 is 19.5 Å². The number of ether oxygens (including phenoxy) is 1. The summed E-state index contributed by atoms with van der Waals surface area (Å²) in [5.41, 5.74) is 4.59. The standard InChI is InChI=1S/C26H30N4OS/c1-18-11-16-23(29(18)20-12-14-21(31-2)15-13-20)25-24(22-10-6-7-17-27-22)28-26(32)30(25)19-8-4-3-5-9-19/h6-7,10-17,19,24-25H,3-5,8-9H2,1-2H3,(H,28,32)/t24-,25+/m1/s1. The number of nitrogens with one attached hydrogen (secondary N) is 1. The van der Waals surface area contributed by atoms with Gasteiger partial charge in [0.1, 0.15) is 5.75 Å². The van der Waals surface area contributed by atoms with Crippen LogP contribution < -0.4 is 10.1 Å². The Balaban J connectivity index is 1.62. The number of benzene rings is 1. The minimum absolute atomic E-state index is 0.0110. The Hall–Kier alpha value is -2.86. The Morgan fingerprint density at radius 3 is 2.47 bits per heavy atom. The molecular weight excluding hydrogens is 416 g/mol. The lowest BCUT2D eigenvalue weighted by Crippen LogP contribution is -2.40. The number of methoxy groups -OCH3 is 1. The van der Waals surface area contributed by atoms with Gasteiger partial charge in [-0.25, -0.2) is 0 Å². The molecule has 3 heterocycles. The van der Waals surface area contributed by atoms with Crippen molar-refractivity contribution in [3.8, 4) is 11.4 Å². The second-order valence-electron chi connectivity index (χ2n) is 8.76. The van der Waals surface area contributed by atoms with Gasteiger partial charge in [-0.1, -0.05) is 25.3 Å². The van der Waals surface area contributed by atoms with Crippen molar-refractivity contribution in [2.24, 2.45) is 0 Å². The quantitative estimate of drug-likeness (QED) is 0.525. The summed E-state index contributed by atoms with van der Waals surface area (Å²) >= 11 is 5.94. The van der Waals surface area contributed by atoms with E-state index in [4.69, 9.17) is 21.9 Å². The summed E-state index contributed by atoms with van der Waals surface area (Å²) in [6, 6.07) is 19.4. The van der Waals surface area contributed by atoms with Gasteiger partial charge in [-0.2, -0.15) is 0 Å². The molecule has 0 bridgehead atoms. The molecule has 166 valence electrons. The maximum atomic E-state index is 5.94. The topological polar surface area (TPSA) is 42.3 Å². The Morgan fingerprint density at radius 2 is 1.78 bits per heavy atom. The second-order valence-corrected chi connectivity index (χ2v) is 9.15. The van der Waals surface area contributed by atoms with Crippen LogP contribution in [-0.4, -0.2) is 32.7 Å². The van der Waals surface area contributed by atoms with Crippen molar-refractivity contribution in [3.05, 3.63) is 77.9 Å². The number of thiocarbonyl (C=S) groups is 1. The molecule has 5 rings (SSSR count). The summed E-state index contributed by atoms with van der Waals surface area (Å²) in [6.45, 7) is 2.16. The van der Waals surface area contributed by atoms with E-state index in [1.807, 2.05) is 24.4 Å². The summed E-state index contributed by atoms with van der Waals surface area (Å²) in [4.78, 5) is 7.18. The highest BCUT2D eigenvalue weighted by molar-refractivity contribution is 7.80. The van der Waals surface area contributed by atoms with E-state index in [-0.39, 0.29) is 12.1 Å². The van der Waals surface area contributed by atoms with Crippen LogP contribution in [0.4, 0.5) is 0 Å². The lowest BCUT2D eigenvalue weighted by Gasteiger charge is -2.37. The Kier molecular flexibility index (Phi) is 5.87. The third kappa shape index (κ3) is 3.77. The van der Waals surface area contributed by atoms with Gasteiger partial charge in [-0.05, 0) is 80.5 Å². The van der Waals surface area contributed by atoms with Gasteiger partial charge in [0.25, 0.3) is 0 Å². The summed E-state index contributed by atoms with van der Waals surface area (Å²) in [5, 5.41) is 4.48. The molecule has 2 aliphatic rings. The van der Waals surface area contributed by atoms with E-state index in [1.165, 1.54) is 43.5 Å². The molecule has 0 spiro atoms. The average molecular weight is 447 g/mol. The van der Waals surface area contributed by atoms with Crippen LogP contribution in [0.2, 0.25) is 0 Å². The monoisotopic (exact) mass is 446 g/mol. The molecule has 5 nitrogen and oxygen atoms in total. The van der Waals surface area contributed by atoms with E-state index >= 15 is 0 Å². The lowest BCUT2D eigenvalue weighted by molar-refractivity contribution is 0.193. The first-order valence-corrected chi connectivity index (χ1v) is 11.9. The fourth-order valence-corrected chi connectivity index (χ4v) is 5.70. The van der Waals surface area contributed by atoms with Crippen molar-refractivity contribution in [1.82, 2.24) is 19.8 Å².